The van der Waals surface area contributed by atoms with Gasteiger partial charge in [0.25, 0.3) is 0 Å². The van der Waals surface area contributed by atoms with Gasteiger partial charge in [-0.2, -0.15) is 5.26 Å². The molecule has 1 unspecified atom stereocenters. The van der Waals surface area contributed by atoms with Crippen LogP contribution in [-0.4, -0.2) is 10.5 Å². The summed E-state index contributed by atoms with van der Waals surface area (Å²) in [7, 11) is 0. The number of carbonyl (C=O) groups excluding carboxylic acids is 1. The third kappa shape index (κ3) is 2.12. The highest BCUT2D eigenvalue weighted by Gasteiger charge is 2.12. The van der Waals surface area contributed by atoms with Gasteiger partial charge in [-0.25, -0.2) is 5.84 Å². The number of amides is 1. The van der Waals surface area contributed by atoms with Crippen LogP contribution in [0.5, 0.6) is 0 Å². The lowest BCUT2D eigenvalue weighted by Crippen LogP contribution is -2.36. The second kappa shape index (κ2) is 4.44. The first-order valence-electron chi connectivity index (χ1n) is 4.24. The minimum absolute atomic E-state index is 0.234. The summed E-state index contributed by atoms with van der Waals surface area (Å²) >= 11 is 0. The topological polar surface area (TPSA) is 83.8 Å². The van der Waals surface area contributed by atoms with Gasteiger partial charge < -0.3 is 4.57 Å². The Labute approximate surface area is 82.1 Å². The summed E-state index contributed by atoms with van der Waals surface area (Å²) in [6, 6.07) is 5.51. The maximum atomic E-state index is 11.1. The van der Waals surface area contributed by atoms with E-state index in [1.54, 1.807) is 29.8 Å². The van der Waals surface area contributed by atoms with E-state index in [2.05, 4.69) is 5.43 Å². The minimum atomic E-state index is -0.250. The van der Waals surface area contributed by atoms with E-state index in [0.717, 1.165) is 0 Å². The molecule has 1 aromatic heterocycles. The van der Waals surface area contributed by atoms with Crippen LogP contribution in [0.2, 0.25) is 0 Å². The van der Waals surface area contributed by atoms with Gasteiger partial charge in [0, 0.05) is 12.7 Å². The van der Waals surface area contributed by atoms with Crippen molar-refractivity contribution in [2.24, 2.45) is 11.8 Å². The van der Waals surface area contributed by atoms with E-state index in [0.29, 0.717) is 12.2 Å². The van der Waals surface area contributed by atoms with Gasteiger partial charge in [-0.15, -0.1) is 0 Å². The molecule has 1 heterocycles. The number of nitrogens with two attached hydrogens (primary N) is 1. The zero-order valence-corrected chi connectivity index (χ0v) is 7.90. The first kappa shape index (κ1) is 10.3. The highest BCUT2D eigenvalue weighted by atomic mass is 16.2. The van der Waals surface area contributed by atoms with Gasteiger partial charge in [-0.1, -0.05) is 6.92 Å². The molecule has 3 N–H and O–H groups in total. The Morgan fingerprint density at radius 3 is 3.14 bits per heavy atom. The molecule has 0 aliphatic rings. The fourth-order valence-electron chi connectivity index (χ4n) is 1.20. The third-order valence-corrected chi connectivity index (χ3v) is 2.00. The number of rotatable bonds is 3. The molecule has 5 nitrogen and oxygen atoms in total. The van der Waals surface area contributed by atoms with Gasteiger partial charge in [-0.3, -0.25) is 10.2 Å². The zero-order valence-electron chi connectivity index (χ0n) is 7.90. The molecule has 0 aliphatic carbocycles. The zero-order chi connectivity index (χ0) is 10.6. The molecule has 0 saturated heterocycles. The Morgan fingerprint density at radius 2 is 2.57 bits per heavy atom. The molecule has 0 aliphatic heterocycles. The maximum Gasteiger partial charge on any atom is 0.238 e. The summed E-state index contributed by atoms with van der Waals surface area (Å²) in [5.74, 6) is 4.51. The van der Waals surface area contributed by atoms with Crippen molar-refractivity contribution < 1.29 is 4.79 Å². The highest BCUT2D eigenvalue weighted by molar-refractivity contribution is 5.77. The molecule has 1 aromatic rings. The van der Waals surface area contributed by atoms with E-state index in [1.807, 2.05) is 6.07 Å². The van der Waals surface area contributed by atoms with Gasteiger partial charge in [0.2, 0.25) is 5.91 Å². The molecular formula is C9H12N4O. The van der Waals surface area contributed by atoms with Crippen molar-refractivity contribution >= 4 is 5.91 Å². The largest absolute Gasteiger partial charge is 0.339 e. The fourth-order valence-corrected chi connectivity index (χ4v) is 1.20. The lowest BCUT2D eigenvalue weighted by Gasteiger charge is -2.11. The van der Waals surface area contributed by atoms with E-state index in [9.17, 15) is 4.79 Å². The van der Waals surface area contributed by atoms with E-state index < -0.39 is 0 Å². The number of carbonyl (C=O) groups is 1. The first-order chi connectivity index (χ1) is 6.69. The molecule has 74 valence electrons. The number of hydrogen-bond acceptors (Lipinski definition) is 3. The summed E-state index contributed by atoms with van der Waals surface area (Å²) in [6.07, 6.45) is 1.76. The van der Waals surface area contributed by atoms with Gasteiger partial charge in [0.1, 0.15) is 11.8 Å². The summed E-state index contributed by atoms with van der Waals surface area (Å²) in [6.45, 7) is 2.21. The lowest BCUT2D eigenvalue weighted by atomic mass is 10.1. The molecule has 1 atom stereocenters. The Bertz CT molecular complexity index is 363. The number of hydrazine groups is 1. The van der Waals surface area contributed by atoms with Gasteiger partial charge in [0.05, 0.1) is 5.92 Å². The summed E-state index contributed by atoms with van der Waals surface area (Å²) in [4.78, 5) is 11.1. The molecule has 0 bridgehead atoms. The number of nitriles is 1. The van der Waals surface area contributed by atoms with Gasteiger partial charge in [0.15, 0.2) is 0 Å². The van der Waals surface area contributed by atoms with Gasteiger partial charge in [-0.05, 0) is 12.1 Å². The van der Waals surface area contributed by atoms with Crippen molar-refractivity contribution in [3.05, 3.63) is 24.0 Å². The number of nitrogens with one attached hydrogen (secondary N) is 1. The predicted octanol–water partition coefficient (Wildman–Crippen LogP) is -0.0142. The van der Waals surface area contributed by atoms with E-state index in [1.165, 1.54) is 0 Å². The van der Waals surface area contributed by atoms with Crippen molar-refractivity contribution in [3.8, 4) is 6.07 Å². The molecule has 0 saturated carbocycles. The molecule has 1 amide bonds. The number of aromatic nitrogens is 1. The van der Waals surface area contributed by atoms with Crippen LogP contribution in [0, 0.1) is 17.2 Å². The SMILES string of the molecule is CC(Cn1cccc1C#N)C(=O)NN. The van der Waals surface area contributed by atoms with Crippen LogP contribution in [0.4, 0.5) is 0 Å². The number of hydrogen-bond donors (Lipinski definition) is 2. The summed E-state index contributed by atoms with van der Waals surface area (Å²) < 4.78 is 1.72. The quantitative estimate of drug-likeness (QED) is 0.401. The molecule has 0 spiro atoms. The molecular weight excluding hydrogens is 180 g/mol. The van der Waals surface area contributed by atoms with Crippen molar-refractivity contribution in [1.29, 1.82) is 5.26 Å². The van der Waals surface area contributed by atoms with Crippen LogP contribution >= 0.6 is 0 Å². The predicted molar refractivity (Wildman–Crippen MR) is 50.6 cm³/mol. The second-order valence-electron chi connectivity index (χ2n) is 3.07. The fraction of sp³-hybridized carbons (Fsp3) is 0.333. The third-order valence-electron chi connectivity index (χ3n) is 2.00. The molecule has 0 radical (unpaired) electrons. The van der Waals surface area contributed by atoms with Crippen molar-refractivity contribution in [2.45, 2.75) is 13.5 Å². The highest BCUT2D eigenvalue weighted by Crippen LogP contribution is 2.05. The molecule has 0 aromatic carbocycles. The van der Waals surface area contributed by atoms with E-state index in [-0.39, 0.29) is 11.8 Å². The van der Waals surface area contributed by atoms with Crippen LogP contribution in [0.25, 0.3) is 0 Å². The summed E-state index contributed by atoms with van der Waals surface area (Å²) in [5, 5.41) is 8.72. The van der Waals surface area contributed by atoms with Crippen molar-refractivity contribution in [1.82, 2.24) is 9.99 Å². The summed E-state index contributed by atoms with van der Waals surface area (Å²) in [5.41, 5.74) is 2.62. The second-order valence-corrected chi connectivity index (χ2v) is 3.07. The Morgan fingerprint density at radius 1 is 1.86 bits per heavy atom. The van der Waals surface area contributed by atoms with Gasteiger partial charge >= 0.3 is 0 Å². The van der Waals surface area contributed by atoms with E-state index >= 15 is 0 Å². The van der Waals surface area contributed by atoms with Crippen LogP contribution in [0.3, 0.4) is 0 Å². The van der Waals surface area contributed by atoms with Crippen molar-refractivity contribution in [3.63, 3.8) is 0 Å². The molecule has 1 rings (SSSR count). The Balaban J connectivity index is 2.70. The average Bonchev–Trinajstić information content (AvgIpc) is 2.63. The normalized spacial score (nSPS) is 11.8. The molecule has 0 fully saturated rings. The molecule has 14 heavy (non-hydrogen) atoms. The van der Waals surface area contributed by atoms with Crippen LogP contribution in [0.15, 0.2) is 18.3 Å². The Hall–Kier alpha value is -1.80. The lowest BCUT2D eigenvalue weighted by molar-refractivity contribution is -0.124. The average molecular weight is 192 g/mol. The van der Waals surface area contributed by atoms with Crippen LogP contribution < -0.4 is 11.3 Å². The minimum Gasteiger partial charge on any atom is -0.339 e. The monoisotopic (exact) mass is 192 g/mol. The first-order valence-corrected chi connectivity index (χ1v) is 4.24. The van der Waals surface area contributed by atoms with E-state index in [4.69, 9.17) is 11.1 Å². The van der Waals surface area contributed by atoms with Crippen molar-refractivity contribution in [2.75, 3.05) is 0 Å². The standard InChI is InChI=1S/C9H12N4O/c1-7(9(14)12-11)6-13-4-2-3-8(13)5-10/h2-4,7H,6,11H2,1H3,(H,12,14). The maximum absolute atomic E-state index is 11.1. The van der Waals surface area contributed by atoms with Crippen LogP contribution in [-0.2, 0) is 11.3 Å². The Kier molecular flexibility index (Phi) is 3.26. The smallest absolute Gasteiger partial charge is 0.238 e. The molecule has 5 heteroatoms. The number of nitrogens with zero attached hydrogens (tertiary/aromatic N) is 2. The van der Waals surface area contributed by atoms with Crippen LogP contribution in [0.1, 0.15) is 12.6 Å².